The van der Waals surface area contributed by atoms with Crippen LogP contribution in [-0.4, -0.2) is 50.2 Å². The topological polar surface area (TPSA) is 41.6 Å². The molecule has 0 unspecified atom stereocenters. The fourth-order valence-electron chi connectivity index (χ4n) is 2.75. The average molecular weight is 226 g/mol. The molecule has 16 heavy (non-hydrogen) atoms. The first-order chi connectivity index (χ1) is 7.69. The fraction of sp³-hybridized carbons (Fsp3) is 0.917. The molecule has 1 atom stereocenters. The molecule has 1 N–H and O–H groups in total. The molecule has 0 bridgehead atoms. The highest BCUT2D eigenvalue weighted by molar-refractivity contribution is 5.84. The SMILES string of the molecule is COCC1(C(=O)N2CCNC[C@H]2C)CCC1. The van der Waals surface area contributed by atoms with Gasteiger partial charge in [0.2, 0.25) is 5.91 Å². The van der Waals surface area contributed by atoms with Crippen LogP contribution in [0, 0.1) is 5.41 Å². The van der Waals surface area contributed by atoms with Crippen molar-refractivity contribution in [3.05, 3.63) is 0 Å². The van der Waals surface area contributed by atoms with Crippen LogP contribution in [0.4, 0.5) is 0 Å². The van der Waals surface area contributed by atoms with Gasteiger partial charge in [-0.05, 0) is 19.8 Å². The Hall–Kier alpha value is -0.610. The van der Waals surface area contributed by atoms with Gasteiger partial charge in [-0.2, -0.15) is 0 Å². The standard InChI is InChI=1S/C12H22N2O2/c1-10-8-13-6-7-14(10)11(15)12(9-16-2)4-3-5-12/h10,13H,3-9H2,1-2H3/t10-/m1/s1. The van der Waals surface area contributed by atoms with Gasteiger partial charge >= 0.3 is 0 Å². The van der Waals surface area contributed by atoms with E-state index in [1.807, 2.05) is 4.90 Å². The first-order valence-electron chi connectivity index (χ1n) is 6.20. The molecule has 4 nitrogen and oxygen atoms in total. The van der Waals surface area contributed by atoms with E-state index in [9.17, 15) is 4.79 Å². The monoisotopic (exact) mass is 226 g/mol. The second-order valence-corrected chi connectivity index (χ2v) is 5.12. The molecule has 0 aromatic carbocycles. The number of hydrogen-bond donors (Lipinski definition) is 1. The smallest absolute Gasteiger partial charge is 0.231 e. The maximum atomic E-state index is 12.5. The van der Waals surface area contributed by atoms with Gasteiger partial charge in [-0.1, -0.05) is 6.42 Å². The van der Waals surface area contributed by atoms with Crippen molar-refractivity contribution in [1.82, 2.24) is 10.2 Å². The highest BCUT2D eigenvalue weighted by Gasteiger charge is 2.47. The Bertz CT molecular complexity index is 264. The summed E-state index contributed by atoms with van der Waals surface area (Å²) in [4.78, 5) is 14.6. The largest absolute Gasteiger partial charge is 0.384 e. The molecule has 92 valence electrons. The summed E-state index contributed by atoms with van der Waals surface area (Å²) in [6.07, 6.45) is 3.15. The summed E-state index contributed by atoms with van der Waals surface area (Å²) in [5.41, 5.74) is -0.194. The lowest BCUT2D eigenvalue weighted by Gasteiger charge is -2.46. The van der Waals surface area contributed by atoms with E-state index < -0.39 is 0 Å². The number of carbonyl (C=O) groups is 1. The van der Waals surface area contributed by atoms with Crippen LogP contribution < -0.4 is 5.32 Å². The third-order valence-corrected chi connectivity index (χ3v) is 3.95. The zero-order valence-corrected chi connectivity index (χ0v) is 10.3. The molecule has 2 aliphatic rings. The minimum atomic E-state index is -0.194. The van der Waals surface area contributed by atoms with E-state index in [2.05, 4.69) is 12.2 Å². The predicted octanol–water partition coefficient (Wildman–Crippen LogP) is 0.623. The minimum Gasteiger partial charge on any atom is -0.384 e. The summed E-state index contributed by atoms with van der Waals surface area (Å²) in [5.74, 6) is 0.314. The van der Waals surface area contributed by atoms with E-state index >= 15 is 0 Å². The van der Waals surface area contributed by atoms with Crippen LogP contribution >= 0.6 is 0 Å². The Morgan fingerprint density at radius 2 is 2.31 bits per heavy atom. The lowest BCUT2D eigenvalue weighted by atomic mass is 9.68. The molecule has 0 aromatic heterocycles. The summed E-state index contributed by atoms with van der Waals surface area (Å²) in [6.45, 7) is 5.37. The fourth-order valence-corrected chi connectivity index (χ4v) is 2.75. The van der Waals surface area contributed by atoms with Crippen molar-refractivity contribution in [2.75, 3.05) is 33.4 Å². The van der Waals surface area contributed by atoms with Crippen LogP contribution in [0.5, 0.6) is 0 Å². The highest BCUT2D eigenvalue weighted by Crippen LogP contribution is 2.43. The van der Waals surface area contributed by atoms with Gasteiger partial charge in [0.25, 0.3) is 0 Å². The number of nitrogens with zero attached hydrogens (tertiary/aromatic N) is 1. The summed E-state index contributed by atoms with van der Waals surface area (Å²) in [5, 5.41) is 3.31. The Balaban J connectivity index is 2.04. The van der Waals surface area contributed by atoms with Crippen molar-refractivity contribution in [3.63, 3.8) is 0 Å². The molecule has 1 aliphatic carbocycles. The number of nitrogens with one attached hydrogen (secondary N) is 1. The molecule has 1 saturated heterocycles. The molecule has 0 spiro atoms. The van der Waals surface area contributed by atoms with Crippen LogP contribution in [0.1, 0.15) is 26.2 Å². The number of carbonyl (C=O) groups excluding carboxylic acids is 1. The zero-order chi connectivity index (χ0) is 11.6. The van der Waals surface area contributed by atoms with Gasteiger partial charge < -0.3 is 15.0 Å². The number of rotatable bonds is 3. The van der Waals surface area contributed by atoms with Crippen LogP contribution in [-0.2, 0) is 9.53 Å². The van der Waals surface area contributed by atoms with Crippen molar-refractivity contribution in [3.8, 4) is 0 Å². The molecule has 1 heterocycles. The molecule has 1 amide bonds. The van der Waals surface area contributed by atoms with Gasteiger partial charge in [0, 0.05) is 32.8 Å². The van der Waals surface area contributed by atoms with Crippen molar-refractivity contribution in [2.45, 2.75) is 32.2 Å². The molecule has 2 fully saturated rings. The third-order valence-electron chi connectivity index (χ3n) is 3.95. The van der Waals surface area contributed by atoms with Crippen molar-refractivity contribution >= 4 is 5.91 Å². The molecule has 0 radical (unpaired) electrons. The second kappa shape index (κ2) is 4.72. The van der Waals surface area contributed by atoms with Gasteiger partial charge in [-0.3, -0.25) is 4.79 Å². The predicted molar refractivity (Wildman–Crippen MR) is 62.2 cm³/mol. The van der Waals surface area contributed by atoms with Crippen LogP contribution in [0.25, 0.3) is 0 Å². The Morgan fingerprint density at radius 1 is 1.56 bits per heavy atom. The van der Waals surface area contributed by atoms with Gasteiger partial charge in [-0.25, -0.2) is 0 Å². The van der Waals surface area contributed by atoms with Crippen molar-refractivity contribution < 1.29 is 9.53 Å². The van der Waals surface area contributed by atoms with Crippen LogP contribution in [0.2, 0.25) is 0 Å². The van der Waals surface area contributed by atoms with E-state index in [0.717, 1.165) is 38.9 Å². The number of ether oxygens (including phenoxy) is 1. The second-order valence-electron chi connectivity index (χ2n) is 5.12. The average Bonchev–Trinajstić information content (AvgIpc) is 2.23. The van der Waals surface area contributed by atoms with Gasteiger partial charge in [0.15, 0.2) is 0 Å². The lowest BCUT2D eigenvalue weighted by Crippen LogP contribution is -2.59. The quantitative estimate of drug-likeness (QED) is 0.767. The molecule has 4 heteroatoms. The molecule has 1 aliphatic heterocycles. The van der Waals surface area contributed by atoms with E-state index in [1.165, 1.54) is 0 Å². The Morgan fingerprint density at radius 3 is 2.81 bits per heavy atom. The first kappa shape index (κ1) is 11.9. The Labute approximate surface area is 97.3 Å². The molecule has 2 rings (SSSR count). The number of methoxy groups -OCH3 is 1. The number of amides is 1. The third kappa shape index (κ3) is 1.96. The lowest BCUT2D eigenvalue weighted by molar-refractivity contribution is -0.155. The minimum absolute atomic E-state index is 0.194. The van der Waals surface area contributed by atoms with E-state index in [0.29, 0.717) is 18.6 Å². The van der Waals surface area contributed by atoms with Gasteiger partial charge in [-0.15, -0.1) is 0 Å². The first-order valence-corrected chi connectivity index (χ1v) is 6.20. The maximum Gasteiger partial charge on any atom is 0.231 e. The van der Waals surface area contributed by atoms with Crippen LogP contribution in [0.3, 0.4) is 0 Å². The summed E-state index contributed by atoms with van der Waals surface area (Å²) in [6, 6.07) is 0.315. The van der Waals surface area contributed by atoms with E-state index in [1.54, 1.807) is 7.11 Å². The van der Waals surface area contributed by atoms with Gasteiger partial charge in [0.05, 0.1) is 12.0 Å². The van der Waals surface area contributed by atoms with Gasteiger partial charge in [0.1, 0.15) is 0 Å². The summed E-state index contributed by atoms with van der Waals surface area (Å²) in [7, 11) is 1.69. The molecular formula is C12H22N2O2. The molecular weight excluding hydrogens is 204 g/mol. The zero-order valence-electron chi connectivity index (χ0n) is 10.3. The van der Waals surface area contributed by atoms with Crippen LogP contribution in [0.15, 0.2) is 0 Å². The maximum absolute atomic E-state index is 12.5. The normalized spacial score (nSPS) is 28.6. The molecule has 1 saturated carbocycles. The van der Waals surface area contributed by atoms with Crippen molar-refractivity contribution in [1.29, 1.82) is 0 Å². The number of piperazine rings is 1. The van der Waals surface area contributed by atoms with Crippen molar-refractivity contribution in [2.24, 2.45) is 5.41 Å². The highest BCUT2D eigenvalue weighted by atomic mass is 16.5. The van der Waals surface area contributed by atoms with E-state index in [4.69, 9.17) is 4.74 Å². The molecule has 0 aromatic rings. The Kier molecular flexibility index (Phi) is 3.50. The van der Waals surface area contributed by atoms with E-state index in [-0.39, 0.29) is 5.41 Å². The summed E-state index contributed by atoms with van der Waals surface area (Å²) < 4.78 is 5.23. The summed E-state index contributed by atoms with van der Waals surface area (Å²) >= 11 is 0. The number of hydrogen-bond acceptors (Lipinski definition) is 3.